The summed E-state index contributed by atoms with van der Waals surface area (Å²) in [6.45, 7) is 0. The Morgan fingerprint density at radius 3 is 3.16 bits per heavy atom. The Labute approximate surface area is 143 Å². The SMILES string of the molecule is O=C(Nc1n[nH]c(Cc2cccc(F)c2)n1)[C@@H]1CCCc2[nH]ncc21. The fourth-order valence-electron chi connectivity index (χ4n) is 3.20. The lowest BCUT2D eigenvalue weighted by atomic mass is 9.86. The second-order valence-corrected chi connectivity index (χ2v) is 6.15. The monoisotopic (exact) mass is 340 g/mol. The molecule has 1 aliphatic rings. The van der Waals surface area contributed by atoms with Gasteiger partial charge in [0.05, 0.1) is 12.1 Å². The van der Waals surface area contributed by atoms with Gasteiger partial charge in [-0.2, -0.15) is 10.1 Å². The normalized spacial score (nSPS) is 16.4. The number of nitrogens with zero attached hydrogens (tertiary/aromatic N) is 3. The van der Waals surface area contributed by atoms with Crippen molar-refractivity contribution in [3.63, 3.8) is 0 Å². The topological polar surface area (TPSA) is 99.4 Å². The summed E-state index contributed by atoms with van der Waals surface area (Å²) in [7, 11) is 0. The molecule has 0 radical (unpaired) electrons. The molecule has 3 N–H and O–H groups in total. The molecule has 2 aromatic heterocycles. The predicted molar refractivity (Wildman–Crippen MR) is 88.5 cm³/mol. The smallest absolute Gasteiger partial charge is 0.248 e. The van der Waals surface area contributed by atoms with Gasteiger partial charge in [0.1, 0.15) is 11.6 Å². The van der Waals surface area contributed by atoms with E-state index in [4.69, 9.17) is 0 Å². The Kier molecular flexibility index (Phi) is 4.01. The number of rotatable bonds is 4. The average molecular weight is 340 g/mol. The molecule has 128 valence electrons. The Morgan fingerprint density at radius 2 is 2.28 bits per heavy atom. The maximum Gasteiger partial charge on any atom is 0.248 e. The summed E-state index contributed by atoms with van der Waals surface area (Å²) < 4.78 is 13.2. The Hall–Kier alpha value is -3.03. The number of aromatic nitrogens is 5. The first kappa shape index (κ1) is 15.5. The third kappa shape index (κ3) is 3.28. The van der Waals surface area contributed by atoms with E-state index in [1.807, 2.05) is 6.07 Å². The predicted octanol–water partition coefficient (Wildman–Crippen LogP) is 2.32. The maximum absolute atomic E-state index is 13.2. The number of anilines is 1. The van der Waals surface area contributed by atoms with Gasteiger partial charge in [0.25, 0.3) is 0 Å². The molecule has 4 rings (SSSR count). The summed E-state index contributed by atoms with van der Waals surface area (Å²) >= 11 is 0. The van der Waals surface area contributed by atoms with Crippen molar-refractivity contribution in [3.8, 4) is 0 Å². The molecule has 2 heterocycles. The number of halogens is 1. The zero-order valence-corrected chi connectivity index (χ0v) is 13.4. The maximum atomic E-state index is 13.2. The van der Waals surface area contributed by atoms with Crippen LogP contribution in [0.15, 0.2) is 30.5 Å². The Morgan fingerprint density at radius 1 is 1.36 bits per heavy atom. The zero-order chi connectivity index (χ0) is 17.2. The van der Waals surface area contributed by atoms with Gasteiger partial charge in [0.15, 0.2) is 0 Å². The lowest BCUT2D eigenvalue weighted by Gasteiger charge is -2.20. The molecular formula is C17H17FN6O. The number of nitrogens with one attached hydrogen (secondary N) is 3. The third-order valence-corrected chi connectivity index (χ3v) is 4.39. The van der Waals surface area contributed by atoms with Gasteiger partial charge in [0.2, 0.25) is 11.9 Å². The molecule has 0 bridgehead atoms. The summed E-state index contributed by atoms with van der Waals surface area (Å²) in [6, 6.07) is 6.30. The number of H-pyrrole nitrogens is 2. The number of carbonyl (C=O) groups is 1. The van der Waals surface area contributed by atoms with Gasteiger partial charge in [-0.1, -0.05) is 12.1 Å². The van der Waals surface area contributed by atoms with Crippen LogP contribution in [0.5, 0.6) is 0 Å². The van der Waals surface area contributed by atoms with E-state index in [9.17, 15) is 9.18 Å². The summed E-state index contributed by atoms with van der Waals surface area (Å²) in [4.78, 5) is 16.8. The van der Waals surface area contributed by atoms with E-state index in [1.165, 1.54) is 12.1 Å². The number of aryl methyl sites for hydroxylation is 1. The van der Waals surface area contributed by atoms with E-state index in [0.717, 1.165) is 36.1 Å². The molecule has 25 heavy (non-hydrogen) atoms. The number of hydrogen-bond donors (Lipinski definition) is 3. The molecule has 8 heteroatoms. The van der Waals surface area contributed by atoms with Crippen molar-refractivity contribution in [1.29, 1.82) is 0 Å². The van der Waals surface area contributed by atoms with Gasteiger partial charge in [-0.05, 0) is 37.0 Å². The number of aromatic amines is 2. The average Bonchev–Trinajstić information content (AvgIpc) is 3.23. The molecule has 7 nitrogen and oxygen atoms in total. The highest BCUT2D eigenvalue weighted by molar-refractivity contribution is 5.94. The first-order valence-corrected chi connectivity index (χ1v) is 8.18. The largest absolute Gasteiger partial charge is 0.293 e. The molecule has 0 aliphatic heterocycles. The molecule has 0 fully saturated rings. The van der Waals surface area contributed by atoms with Crippen LogP contribution in [-0.4, -0.2) is 31.3 Å². The van der Waals surface area contributed by atoms with E-state index in [-0.39, 0.29) is 23.6 Å². The van der Waals surface area contributed by atoms with Crippen LogP contribution >= 0.6 is 0 Å². The van der Waals surface area contributed by atoms with Crippen molar-refractivity contribution in [2.45, 2.75) is 31.6 Å². The highest BCUT2D eigenvalue weighted by atomic mass is 19.1. The molecule has 1 atom stereocenters. The van der Waals surface area contributed by atoms with Crippen LogP contribution in [0.2, 0.25) is 0 Å². The van der Waals surface area contributed by atoms with Crippen molar-refractivity contribution in [2.24, 2.45) is 0 Å². The first-order chi connectivity index (χ1) is 12.2. The molecule has 1 aromatic carbocycles. The van der Waals surface area contributed by atoms with Crippen LogP contribution in [0.3, 0.4) is 0 Å². The standard InChI is InChI=1S/C17H17FN6O/c18-11-4-1-3-10(7-11)8-15-20-17(24-23-15)21-16(25)12-5-2-6-14-13(12)9-19-22-14/h1,3-4,7,9,12H,2,5-6,8H2,(H,19,22)(H2,20,21,23,24,25)/t12-/m1/s1. The lowest BCUT2D eigenvalue weighted by molar-refractivity contribution is -0.117. The minimum atomic E-state index is -0.293. The molecule has 3 aromatic rings. The molecule has 0 saturated heterocycles. The van der Waals surface area contributed by atoms with Crippen LogP contribution in [0, 0.1) is 5.82 Å². The second-order valence-electron chi connectivity index (χ2n) is 6.15. The van der Waals surface area contributed by atoms with E-state index in [0.29, 0.717) is 12.2 Å². The van der Waals surface area contributed by atoms with Crippen molar-refractivity contribution < 1.29 is 9.18 Å². The zero-order valence-electron chi connectivity index (χ0n) is 13.4. The molecule has 0 unspecified atom stereocenters. The number of amides is 1. The van der Waals surface area contributed by atoms with Crippen molar-refractivity contribution in [2.75, 3.05) is 5.32 Å². The highest BCUT2D eigenvalue weighted by Crippen LogP contribution is 2.30. The summed E-state index contributed by atoms with van der Waals surface area (Å²) in [5, 5.41) is 16.5. The molecule has 1 amide bonds. The van der Waals surface area contributed by atoms with Crippen molar-refractivity contribution in [1.82, 2.24) is 25.4 Å². The third-order valence-electron chi connectivity index (χ3n) is 4.39. The Balaban J connectivity index is 1.44. The quantitative estimate of drug-likeness (QED) is 0.678. The van der Waals surface area contributed by atoms with Gasteiger partial charge in [-0.3, -0.25) is 20.3 Å². The van der Waals surface area contributed by atoms with E-state index in [2.05, 4.69) is 30.7 Å². The second kappa shape index (κ2) is 6.46. The number of fused-ring (bicyclic) bond motifs is 1. The number of carbonyl (C=O) groups excluding carboxylic acids is 1. The van der Waals surface area contributed by atoms with Crippen LogP contribution in [0.25, 0.3) is 0 Å². The fraction of sp³-hybridized carbons (Fsp3) is 0.294. The van der Waals surface area contributed by atoms with Gasteiger partial charge in [-0.15, -0.1) is 5.10 Å². The first-order valence-electron chi connectivity index (χ1n) is 8.18. The van der Waals surface area contributed by atoms with Gasteiger partial charge in [0, 0.05) is 17.7 Å². The van der Waals surface area contributed by atoms with Crippen molar-refractivity contribution in [3.05, 3.63) is 58.9 Å². The lowest BCUT2D eigenvalue weighted by Crippen LogP contribution is -2.24. The minimum Gasteiger partial charge on any atom is -0.293 e. The summed E-state index contributed by atoms with van der Waals surface area (Å²) in [6.07, 6.45) is 4.75. The van der Waals surface area contributed by atoms with Gasteiger partial charge in [-0.25, -0.2) is 4.39 Å². The van der Waals surface area contributed by atoms with Crippen LogP contribution in [0.1, 0.15) is 41.4 Å². The molecule has 1 aliphatic carbocycles. The van der Waals surface area contributed by atoms with Crippen molar-refractivity contribution >= 4 is 11.9 Å². The van der Waals surface area contributed by atoms with E-state index in [1.54, 1.807) is 12.3 Å². The van der Waals surface area contributed by atoms with Crippen LogP contribution < -0.4 is 5.32 Å². The van der Waals surface area contributed by atoms with Gasteiger partial charge < -0.3 is 0 Å². The molecule has 0 spiro atoms. The number of hydrogen-bond acceptors (Lipinski definition) is 4. The Bertz CT molecular complexity index is 902. The molecule has 0 saturated carbocycles. The number of benzene rings is 1. The van der Waals surface area contributed by atoms with E-state index >= 15 is 0 Å². The summed E-state index contributed by atoms with van der Waals surface area (Å²) in [5.41, 5.74) is 2.75. The minimum absolute atomic E-state index is 0.140. The van der Waals surface area contributed by atoms with Gasteiger partial charge >= 0.3 is 0 Å². The van der Waals surface area contributed by atoms with Crippen LogP contribution in [-0.2, 0) is 17.6 Å². The van der Waals surface area contributed by atoms with Crippen LogP contribution in [0.4, 0.5) is 10.3 Å². The highest BCUT2D eigenvalue weighted by Gasteiger charge is 2.28. The fourth-order valence-corrected chi connectivity index (χ4v) is 3.20. The van der Waals surface area contributed by atoms with E-state index < -0.39 is 0 Å². The molecular weight excluding hydrogens is 323 g/mol. The summed E-state index contributed by atoms with van der Waals surface area (Å²) in [5.74, 6) is 0.116.